The number of rotatable bonds is 9. The molecule has 1 N–H and O–H groups in total. The molecule has 1 aliphatic rings. The van der Waals surface area contributed by atoms with E-state index >= 15 is 0 Å². The molecule has 0 aromatic heterocycles. The van der Waals surface area contributed by atoms with E-state index in [-0.39, 0.29) is 28.7 Å². The first-order valence-corrected chi connectivity index (χ1v) is 12.6. The molecule has 31 heavy (non-hydrogen) atoms. The Morgan fingerprint density at radius 2 is 1.39 bits per heavy atom. The summed E-state index contributed by atoms with van der Waals surface area (Å²) < 4.78 is 59.9. The highest BCUT2D eigenvalue weighted by Crippen LogP contribution is 2.23. The highest BCUT2D eigenvalue weighted by atomic mass is 32.2. The second-order valence-electron chi connectivity index (χ2n) is 7.51. The van der Waals surface area contributed by atoms with Crippen LogP contribution in [0.1, 0.15) is 30.4 Å². The Bertz CT molecular complexity index is 1130. The van der Waals surface area contributed by atoms with E-state index in [4.69, 9.17) is 8.37 Å². The molecule has 10 heteroatoms. The molecule has 8 nitrogen and oxygen atoms in total. The van der Waals surface area contributed by atoms with Crippen molar-refractivity contribution in [1.29, 1.82) is 0 Å². The van der Waals surface area contributed by atoms with Crippen LogP contribution in [0.4, 0.5) is 0 Å². The molecule has 0 radical (unpaired) electrons. The highest BCUT2D eigenvalue weighted by Gasteiger charge is 2.36. The Morgan fingerprint density at radius 3 is 1.94 bits per heavy atom. The van der Waals surface area contributed by atoms with Crippen molar-refractivity contribution >= 4 is 26.1 Å². The van der Waals surface area contributed by atoms with Crippen LogP contribution in [-0.2, 0) is 33.4 Å². The molecular weight excluding hydrogens is 442 g/mol. The monoisotopic (exact) mass is 467 g/mol. The van der Waals surface area contributed by atoms with Gasteiger partial charge in [-0.3, -0.25) is 13.2 Å². The maximum absolute atomic E-state index is 12.5. The smallest absolute Gasteiger partial charge is 0.297 e. The van der Waals surface area contributed by atoms with E-state index in [1.807, 2.05) is 13.8 Å². The van der Waals surface area contributed by atoms with Gasteiger partial charge in [0.25, 0.3) is 20.2 Å². The lowest BCUT2D eigenvalue weighted by Gasteiger charge is -2.19. The van der Waals surface area contributed by atoms with Gasteiger partial charge in [0, 0.05) is 0 Å². The molecular formula is C21H25NO7S2. The van der Waals surface area contributed by atoms with Gasteiger partial charge in [0.2, 0.25) is 5.91 Å². The number of amides is 1. The number of aryl methyl sites for hydroxylation is 2. The summed E-state index contributed by atoms with van der Waals surface area (Å²) in [6.45, 7) is 3.60. The lowest BCUT2D eigenvalue weighted by molar-refractivity contribution is -0.119. The van der Waals surface area contributed by atoms with Crippen molar-refractivity contribution in [2.45, 2.75) is 55.0 Å². The zero-order valence-corrected chi connectivity index (χ0v) is 18.9. The molecule has 0 aliphatic carbocycles. The third-order valence-corrected chi connectivity index (χ3v) is 7.63. The summed E-state index contributed by atoms with van der Waals surface area (Å²) in [4.78, 5) is 11.9. The zero-order valence-electron chi connectivity index (χ0n) is 17.3. The summed E-state index contributed by atoms with van der Waals surface area (Å²) in [6, 6.07) is 12.0. The average Bonchev–Trinajstić information content (AvgIpc) is 3.04. The van der Waals surface area contributed by atoms with Crippen LogP contribution < -0.4 is 5.32 Å². The first-order chi connectivity index (χ1) is 14.6. The normalized spacial score (nSPS) is 19.4. The van der Waals surface area contributed by atoms with Crippen molar-refractivity contribution < 1.29 is 30.0 Å². The van der Waals surface area contributed by atoms with Gasteiger partial charge in [-0.05, 0) is 51.0 Å². The summed E-state index contributed by atoms with van der Waals surface area (Å²) in [5, 5.41) is 2.69. The molecule has 168 valence electrons. The van der Waals surface area contributed by atoms with E-state index < -0.39 is 32.4 Å². The van der Waals surface area contributed by atoms with Crippen molar-refractivity contribution in [3.8, 4) is 0 Å². The van der Waals surface area contributed by atoms with E-state index in [0.717, 1.165) is 11.1 Å². The Balaban J connectivity index is 1.56. The van der Waals surface area contributed by atoms with Crippen LogP contribution >= 0.6 is 0 Å². The fourth-order valence-electron chi connectivity index (χ4n) is 3.21. The van der Waals surface area contributed by atoms with Crippen molar-refractivity contribution in [2.75, 3.05) is 6.61 Å². The predicted molar refractivity (Wildman–Crippen MR) is 113 cm³/mol. The van der Waals surface area contributed by atoms with Crippen molar-refractivity contribution in [3.05, 3.63) is 59.7 Å². The quantitative estimate of drug-likeness (QED) is 0.445. The van der Waals surface area contributed by atoms with Gasteiger partial charge in [-0.1, -0.05) is 35.4 Å². The maximum Gasteiger partial charge on any atom is 0.297 e. The molecule has 1 amide bonds. The van der Waals surface area contributed by atoms with E-state index in [1.165, 1.54) is 24.3 Å². The Morgan fingerprint density at radius 1 is 0.871 bits per heavy atom. The summed E-state index contributed by atoms with van der Waals surface area (Å²) >= 11 is 0. The van der Waals surface area contributed by atoms with Gasteiger partial charge >= 0.3 is 0 Å². The van der Waals surface area contributed by atoms with E-state index in [1.54, 1.807) is 24.3 Å². The Kier molecular flexibility index (Phi) is 7.15. The molecule has 2 aromatic carbocycles. The fourth-order valence-corrected chi connectivity index (χ4v) is 5.26. The number of carbonyl (C=O) groups is 1. The van der Waals surface area contributed by atoms with Crippen LogP contribution in [0.15, 0.2) is 58.3 Å². The first kappa shape index (κ1) is 23.4. The van der Waals surface area contributed by atoms with Crippen molar-refractivity contribution in [3.63, 3.8) is 0 Å². The lowest BCUT2D eigenvalue weighted by atomic mass is 10.1. The van der Waals surface area contributed by atoms with Gasteiger partial charge in [-0.15, -0.1) is 0 Å². The van der Waals surface area contributed by atoms with Gasteiger partial charge < -0.3 is 5.32 Å². The number of hydrogen-bond acceptors (Lipinski definition) is 7. The fraction of sp³-hybridized carbons (Fsp3) is 0.381. The summed E-state index contributed by atoms with van der Waals surface area (Å²) in [6.07, 6.45) is -0.352. The second kappa shape index (κ2) is 9.47. The molecule has 1 saturated heterocycles. The van der Waals surface area contributed by atoms with Gasteiger partial charge in [0.15, 0.2) is 0 Å². The molecule has 1 aliphatic heterocycles. The van der Waals surface area contributed by atoms with Gasteiger partial charge in [-0.2, -0.15) is 16.8 Å². The van der Waals surface area contributed by atoms with Crippen molar-refractivity contribution in [2.24, 2.45) is 0 Å². The highest BCUT2D eigenvalue weighted by molar-refractivity contribution is 7.87. The summed E-state index contributed by atoms with van der Waals surface area (Å²) in [5.41, 5.74) is 1.85. The van der Waals surface area contributed by atoms with Gasteiger partial charge in [-0.25, -0.2) is 0 Å². The van der Waals surface area contributed by atoms with Crippen LogP contribution in [0, 0.1) is 13.8 Å². The minimum Gasteiger partial charge on any atom is -0.351 e. The second-order valence-corrected chi connectivity index (χ2v) is 10.7. The third-order valence-electron chi connectivity index (χ3n) is 4.95. The van der Waals surface area contributed by atoms with Crippen LogP contribution in [0.25, 0.3) is 0 Å². The molecule has 0 unspecified atom stereocenters. The maximum atomic E-state index is 12.5. The predicted octanol–water partition coefficient (Wildman–Crippen LogP) is 2.45. The molecule has 0 spiro atoms. The standard InChI is InChI=1S/C21H25NO7S2/c1-15-5-9-17(10-6-15)30(24,25)28-13-3-4-19-20(14-21(23)22-19)29-31(26,27)18-11-7-16(2)8-12-18/h5-12,19-20H,3-4,13-14H2,1-2H3,(H,22,23)/t19-,20+/m1/s1. The van der Waals surface area contributed by atoms with Crippen LogP contribution in [0.2, 0.25) is 0 Å². The molecule has 2 atom stereocenters. The minimum absolute atomic E-state index is 0.0173. The third kappa shape index (κ3) is 6.13. The van der Waals surface area contributed by atoms with Gasteiger partial charge in [0.1, 0.15) is 6.10 Å². The zero-order chi connectivity index (χ0) is 22.6. The molecule has 1 heterocycles. The largest absolute Gasteiger partial charge is 0.351 e. The topological polar surface area (TPSA) is 116 Å². The van der Waals surface area contributed by atoms with Crippen LogP contribution in [0.3, 0.4) is 0 Å². The minimum atomic E-state index is -4.03. The first-order valence-electron chi connectivity index (χ1n) is 9.82. The molecule has 2 aromatic rings. The molecule has 0 bridgehead atoms. The molecule has 3 rings (SSSR count). The Hall–Kier alpha value is -2.27. The lowest BCUT2D eigenvalue weighted by Crippen LogP contribution is -2.34. The average molecular weight is 468 g/mol. The number of carbonyl (C=O) groups excluding carboxylic acids is 1. The van der Waals surface area contributed by atoms with Gasteiger partial charge in [0.05, 0.1) is 28.9 Å². The number of hydrogen-bond donors (Lipinski definition) is 1. The van der Waals surface area contributed by atoms with Crippen LogP contribution in [-0.4, -0.2) is 41.5 Å². The van der Waals surface area contributed by atoms with E-state index in [2.05, 4.69) is 5.32 Å². The van der Waals surface area contributed by atoms with Crippen molar-refractivity contribution in [1.82, 2.24) is 5.32 Å². The van der Waals surface area contributed by atoms with E-state index in [9.17, 15) is 21.6 Å². The summed E-state index contributed by atoms with van der Waals surface area (Å²) in [7, 11) is -7.91. The Labute approximate surface area is 182 Å². The number of benzene rings is 2. The van der Waals surface area contributed by atoms with E-state index in [0.29, 0.717) is 12.8 Å². The molecule has 1 fully saturated rings. The number of nitrogens with one attached hydrogen (secondary N) is 1. The molecule has 0 saturated carbocycles. The summed E-state index contributed by atoms with van der Waals surface area (Å²) in [5.74, 6) is -0.317. The van der Waals surface area contributed by atoms with Crippen LogP contribution in [0.5, 0.6) is 0 Å². The SMILES string of the molecule is Cc1ccc(S(=O)(=O)OCCC[C@H]2NC(=O)C[C@@H]2OS(=O)(=O)c2ccc(C)cc2)cc1.